The quantitative estimate of drug-likeness (QED) is 0.681. The van der Waals surface area contributed by atoms with Crippen molar-refractivity contribution in [1.29, 1.82) is 0 Å². The van der Waals surface area contributed by atoms with E-state index in [2.05, 4.69) is 12.2 Å². The summed E-state index contributed by atoms with van der Waals surface area (Å²) in [5.74, 6) is 0.232. The van der Waals surface area contributed by atoms with Crippen LogP contribution in [-0.2, 0) is 4.79 Å². The van der Waals surface area contributed by atoms with E-state index in [-0.39, 0.29) is 5.91 Å². The number of nitrogens with one attached hydrogen (secondary N) is 1. The number of hydrogen-bond donors (Lipinski definition) is 1. The summed E-state index contributed by atoms with van der Waals surface area (Å²) >= 11 is 0. The summed E-state index contributed by atoms with van der Waals surface area (Å²) in [6.07, 6.45) is 6.82. The van der Waals surface area contributed by atoms with E-state index >= 15 is 0 Å². The van der Waals surface area contributed by atoms with Gasteiger partial charge in [-0.15, -0.1) is 0 Å². The molecule has 1 amide bonds. The van der Waals surface area contributed by atoms with Crippen LogP contribution in [0.2, 0.25) is 0 Å². The lowest BCUT2D eigenvalue weighted by Crippen LogP contribution is -2.50. The van der Waals surface area contributed by atoms with Crippen LogP contribution in [0.3, 0.4) is 0 Å². The minimum absolute atomic E-state index is 0.232. The Morgan fingerprint density at radius 1 is 1.40 bits per heavy atom. The van der Waals surface area contributed by atoms with Crippen molar-refractivity contribution in [2.75, 3.05) is 20.6 Å². The number of rotatable bonds is 6. The largest absolute Gasteiger partial charge is 0.349 e. The van der Waals surface area contributed by atoms with Crippen molar-refractivity contribution in [3.05, 3.63) is 0 Å². The highest BCUT2D eigenvalue weighted by Gasteiger charge is 2.33. The lowest BCUT2D eigenvalue weighted by Gasteiger charge is -2.42. The minimum Gasteiger partial charge on any atom is -0.349 e. The summed E-state index contributed by atoms with van der Waals surface area (Å²) in [6, 6.07) is 0. The smallest absolute Gasteiger partial charge is 0.222 e. The van der Waals surface area contributed by atoms with Gasteiger partial charge in [0.25, 0.3) is 0 Å². The predicted octanol–water partition coefficient (Wildman–Crippen LogP) is 1.78. The first-order valence-corrected chi connectivity index (χ1v) is 6.05. The molecule has 88 valence electrons. The SMILES string of the molecule is CCC1(NCCCC(=O)N(C)C)CCC1. The van der Waals surface area contributed by atoms with E-state index in [1.807, 2.05) is 14.1 Å². The van der Waals surface area contributed by atoms with E-state index in [1.165, 1.54) is 25.7 Å². The summed E-state index contributed by atoms with van der Waals surface area (Å²) < 4.78 is 0. The maximum Gasteiger partial charge on any atom is 0.222 e. The van der Waals surface area contributed by atoms with E-state index in [0.29, 0.717) is 12.0 Å². The number of amides is 1. The van der Waals surface area contributed by atoms with E-state index in [0.717, 1.165) is 13.0 Å². The highest BCUT2D eigenvalue weighted by Crippen LogP contribution is 2.34. The zero-order valence-corrected chi connectivity index (χ0v) is 10.3. The van der Waals surface area contributed by atoms with Crippen LogP contribution in [0.15, 0.2) is 0 Å². The van der Waals surface area contributed by atoms with Gasteiger partial charge in [-0.05, 0) is 38.6 Å². The van der Waals surface area contributed by atoms with Gasteiger partial charge in [0, 0.05) is 26.1 Å². The molecule has 3 heteroatoms. The molecular weight excluding hydrogens is 188 g/mol. The fourth-order valence-corrected chi connectivity index (χ4v) is 2.08. The summed E-state index contributed by atoms with van der Waals surface area (Å²) in [4.78, 5) is 13.0. The summed E-state index contributed by atoms with van der Waals surface area (Å²) in [5.41, 5.74) is 0.418. The molecule has 1 rings (SSSR count). The Morgan fingerprint density at radius 2 is 2.07 bits per heavy atom. The minimum atomic E-state index is 0.232. The number of carbonyl (C=O) groups is 1. The Hall–Kier alpha value is -0.570. The molecule has 1 saturated carbocycles. The summed E-state index contributed by atoms with van der Waals surface area (Å²) in [7, 11) is 3.63. The Balaban J connectivity index is 2.08. The molecule has 0 unspecified atom stereocenters. The Kier molecular flexibility index (Phi) is 4.58. The third-order valence-corrected chi connectivity index (χ3v) is 3.55. The van der Waals surface area contributed by atoms with Crippen LogP contribution in [-0.4, -0.2) is 37.0 Å². The lowest BCUT2D eigenvalue weighted by atomic mass is 9.75. The van der Waals surface area contributed by atoms with Gasteiger partial charge in [-0.2, -0.15) is 0 Å². The normalized spacial score (nSPS) is 18.3. The molecular formula is C12H24N2O. The van der Waals surface area contributed by atoms with Gasteiger partial charge in [0.05, 0.1) is 0 Å². The number of nitrogens with zero attached hydrogens (tertiary/aromatic N) is 1. The molecule has 1 aliphatic rings. The molecule has 0 saturated heterocycles. The zero-order chi connectivity index (χ0) is 11.3. The maximum atomic E-state index is 11.3. The molecule has 0 atom stereocenters. The molecule has 0 spiro atoms. The van der Waals surface area contributed by atoms with Gasteiger partial charge in [-0.3, -0.25) is 4.79 Å². The predicted molar refractivity (Wildman–Crippen MR) is 62.8 cm³/mol. The van der Waals surface area contributed by atoms with Gasteiger partial charge in [0.1, 0.15) is 0 Å². The molecule has 1 N–H and O–H groups in total. The lowest BCUT2D eigenvalue weighted by molar-refractivity contribution is -0.128. The van der Waals surface area contributed by atoms with Gasteiger partial charge in [0.2, 0.25) is 5.91 Å². The molecule has 1 fully saturated rings. The Labute approximate surface area is 93.2 Å². The summed E-state index contributed by atoms with van der Waals surface area (Å²) in [5, 5.41) is 3.61. The van der Waals surface area contributed by atoms with Crippen molar-refractivity contribution in [2.45, 2.75) is 51.0 Å². The van der Waals surface area contributed by atoms with Crippen LogP contribution in [0.1, 0.15) is 45.4 Å². The van der Waals surface area contributed by atoms with Crippen molar-refractivity contribution in [1.82, 2.24) is 10.2 Å². The van der Waals surface area contributed by atoms with Crippen LogP contribution in [0.4, 0.5) is 0 Å². The van der Waals surface area contributed by atoms with Gasteiger partial charge in [-0.25, -0.2) is 0 Å². The van der Waals surface area contributed by atoms with Crippen LogP contribution in [0.5, 0.6) is 0 Å². The van der Waals surface area contributed by atoms with Crippen LogP contribution in [0.25, 0.3) is 0 Å². The summed E-state index contributed by atoms with van der Waals surface area (Å²) in [6.45, 7) is 3.23. The molecule has 0 aromatic carbocycles. The van der Waals surface area contributed by atoms with Gasteiger partial charge in [-0.1, -0.05) is 6.92 Å². The molecule has 0 aromatic rings. The first-order valence-electron chi connectivity index (χ1n) is 6.05. The second kappa shape index (κ2) is 5.50. The standard InChI is InChI=1S/C12H24N2O/c1-4-12(8-6-9-12)13-10-5-7-11(15)14(2)3/h13H,4-10H2,1-3H3. The highest BCUT2D eigenvalue weighted by molar-refractivity contribution is 5.75. The molecule has 0 heterocycles. The molecule has 0 aromatic heterocycles. The van der Waals surface area contributed by atoms with Crippen molar-refractivity contribution >= 4 is 5.91 Å². The Morgan fingerprint density at radius 3 is 2.47 bits per heavy atom. The monoisotopic (exact) mass is 212 g/mol. The molecule has 0 radical (unpaired) electrons. The fourth-order valence-electron chi connectivity index (χ4n) is 2.08. The molecule has 0 bridgehead atoms. The van der Waals surface area contributed by atoms with E-state index in [1.54, 1.807) is 4.90 Å². The number of hydrogen-bond acceptors (Lipinski definition) is 2. The molecule has 15 heavy (non-hydrogen) atoms. The van der Waals surface area contributed by atoms with Crippen molar-refractivity contribution in [2.24, 2.45) is 0 Å². The highest BCUT2D eigenvalue weighted by atomic mass is 16.2. The molecule has 0 aliphatic heterocycles. The van der Waals surface area contributed by atoms with Crippen molar-refractivity contribution < 1.29 is 4.79 Å². The first-order chi connectivity index (χ1) is 7.09. The van der Waals surface area contributed by atoms with Crippen LogP contribution < -0.4 is 5.32 Å². The topological polar surface area (TPSA) is 32.3 Å². The fraction of sp³-hybridized carbons (Fsp3) is 0.917. The molecule has 3 nitrogen and oxygen atoms in total. The third-order valence-electron chi connectivity index (χ3n) is 3.55. The number of carbonyl (C=O) groups excluding carboxylic acids is 1. The van der Waals surface area contributed by atoms with E-state index < -0.39 is 0 Å². The molecule has 1 aliphatic carbocycles. The van der Waals surface area contributed by atoms with Crippen LogP contribution >= 0.6 is 0 Å². The average Bonchev–Trinajstić information content (AvgIpc) is 2.15. The van der Waals surface area contributed by atoms with E-state index in [9.17, 15) is 4.79 Å². The van der Waals surface area contributed by atoms with Crippen molar-refractivity contribution in [3.8, 4) is 0 Å². The average molecular weight is 212 g/mol. The van der Waals surface area contributed by atoms with Gasteiger partial charge < -0.3 is 10.2 Å². The Bertz CT molecular complexity index is 204. The van der Waals surface area contributed by atoms with Crippen LogP contribution in [0, 0.1) is 0 Å². The maximum absolute atomic E-state index is 11.3. The zero-order valence-electron chi connectivity index (χ0n) is 10.3. The van der Waals surface area contributed by atoms with Gasteiger partial charge in [0.15, 0.2) is 0 Å². The van der Waals surface area contributed by atoms with E-state index in [4.69, 9.17) is 0 Å². The second-order valence-electron chi connectivity index (χ2n) is 4.81. The van der Waals surface area contributed by atoms with Gasteiger partial charge >= 0.3 is 0 Å². The second-order valence-corrected chi connectivity index (χ2v) is 4.81. The first kappa shape index (κ1) is 12.5. The third kappa shape index (κ3) is 3.49. The van der Waals surface area contributed by atoms with Crippen molar-refractivity contribution in [3.63, 3.8) is 0 Å².